The Morgan fingerprint density at radius 2 is 2.04 bits per heavy atom. The van der Waals surface area contributed by atoms with Gasteiger partial charge in [-0.2, -0.15) is 4.98 Å². The van der Waals surface area contributed by atoms with Crippen LogP contribution in [-0.4, -0.2) is 29.0 Å². The molecule has 1 aliphatic heterocycles. The number of nitrogens with one attached hydrogen (secondary N) is 1. The summed E-state index contributed by atoms with van der Waals surface area (Å²) >= 11 is 5.86. The van der Waals surface area contributed by atoms with Crippen molar-refractivity contribution in [1.29, 1.82) is 0 Å². The first kappa shape index (κ1) is 17.1. The zero-order chi connectivity index (χ0) is 16.9. The van der Waals surface area contributed by atoms with Crippen molar-refractivity contribution in [3.63, 3.8) is 0 Å². The molecule has 0 bridgehead atoms. The third kappa shape index (κ3) is 4.42. The molecule has 2 aromatic rings. The summed E-state index contributed by atoms with van der Waals surface area (Å²) in [5, 5.41) is 8.05. The molecule has 24 heavy (non-hydrogen) atoms. The molecule has 1 atom stereocenters. The minimum Gasteiger partial charge on any atom is -0.339 e. The molecule has 0 amide bonds. The van der Waals surface area contributed by atoms with E-state index in [0.29, 0.717) is 28.8 Å². The van der Waals surface area contributed by atoms with Gasteiger partial charge in [-0.25, -0.2) is 0 Å². The second-order valence-corrected chi connectivity index (χ2v) is 6.91. The number of hydrogen-bond acceptors (Lipinski definition) is 5. The van der Waals surface area contributed by atoms with Crippen LogP contribution in [0.15, 0.2) is 28.8 Å². The maximum Gasteiger partial charge on any atom is 0.227 e. The van der Waals surface area contributed by atoms with Crippen LogP contribution in [0.5, 0.6) is 0 Å². The average molecular weight is 348 g/mol. The van der Waals surface area contributed by atoms with Crippen LogP contribution in [0.25, 0.3) is 0 Å². The van der Waals surface area contributed by atoms with Crippen molar-refractivity contribution in [2.45, 2.75) is 32.6 Å². The molecule has 128 valence electrons. The Morgan fingerprint density at radius 3 is 2.75 bits per heavy atom. The molecule has 1 saturated heterocycles. The number of piperidine rings is 1. The molecule has 0 spiro atoms. The molecular formula is C18H22ClN3O2. The third-order valence-corrected chi connectivity index (χ3v) is 4.75. The van der Waals surface area contributed by atoms with Crippen LogP contribution in [-0.2, 0) is 12.8 Å². The lowest BCUT2D eigenvalue weighted by molar-refractivity contribution is 0.0923. The molecule has 1 fully saturated rings. The maximum atomic E-state index is 12.4. The number of carbonyl (C=O) groups excluding carboxylic acids is 1. The molecule has 0 saturated carbocycles. The summed E-state index contributed by atoms with van der Waals surface area (Å²) in [4.78, 5) is 16.9. The lowest BCUT2D eigenvalue weighted by atomic mass is 9.94. The second-order valence-electron chi connectivity index (χ2n) is 6.48. The summed E-state index contributed by atoms with van der Waals surface area (Å²) in [6, 6.07) is 6.95. The van der Waals surface area contributed by atoms with E-state index in [-0.39, 0.29) is 11.7 Å². The number of halogens is 1. The maximum absolute atomic E-state index is 12.4. The molecule has 0 radical (unpaired) electrons. The van der Waals surface area contributed by atoms with Gasteiger partial charge in [0.2, 0.25) is 5.89 Å². The van der Waals surface area contributed by atoms with Gasteiger partial charge >= 0.3 is 0 Å². The molecule has 1 unspecified atom stereocenters. The molecule has 1 N–H and O–H groups in total. The van der Waals surface area contributed by atoms with Gasteiger partial charge < -0.3 is 9.84 Å². The Morgan fingerprint density at radius 1 is 1.33 bits per heavy atom. The minimum atomic E-state index is -0.210. The molecule has 5 nitrogen and oxygen atoms in total. The second kappa shape index (κ2) is 7.90. The van der Waals surface area contributed by atoms with E-state index < -0.39 is 0 Å². The summed E-state index contributed by atoms with van der Waals surface area (Å²) in [6.45, 7) is 4.00. The van der Waals surface area contributed by atoms with Crippen molar-refractivity contribution < 1.29 is 9.32 Å². The first-order valence-corrected chi connectivity index (χ1v) is 8.81. The Hall–Kier alpha value is -1.72. The molecular weight excluding hydrogens is 326 g/mol. The lowest BCUT2D eigenvalue weighted by Crippen LogP contribution is -2.28. The van der Waals surface area contributed by atoms with Gasteiger partial charge in [-0.05, 0) is 56.1 Å². The fourth-order valence-corrected chi connectivity index (χ4v) is 3.18. The largest absolute Gasteiger partial charge is 0.339 e. The Bertz CT molecular complexity index is 678. The number of rotatable bonds is 6. The van der Waals surface area contributed by atoms with Crippen LogP contribution in [0.2, 0.25) is 5.02 Å². The molecule has 1 aromatic heterocycles. The molecule has 1 aromatic carbocycles. The highest BCUT2D eigenvalue weighted by Gasteiger charge is 2.21. The standard InChI is InChI=1S/C18H22ClN3O2/c1-12(18(23)14-2-4-15(19)5-3-14)10-17-21-16(22-24-17)11-13-6-8-20-9-7-13/h2-5,12-13,20H,6-11H2,1H3. The fraction of sp³-hybridized carbons (Fsp3) is 0.500. The average Bonchev–Trinajstić information content (AvgIpc) is 3.02. The third-order valence-electron chi connectivity index (χ3n) is 4.50. The van der Waals surface area contributed by atoms with E-state index in [4.69, 9.17) is 16.1 Å². The van der Waals surface area contributed by atoms with Crippen molar-refractivity contribution >= 4 is 17.4 Å². The number of carbonyl (C=O) groups is 1. The highest BCUT2D eigenvalue weighted by Crippen LogP contribution is 2.19. The van der Waals surface area contributed by atoms with Gasteiger partial charge in [0.1, 0.15) is 0 Å². The van der Waals surface area contributed by atoms with Crippen LogP contribution in [0.4, 0.5) is 0 Å². The van der Waals surface area contributed by atoms with Gasteiger partial charge in [0.25, 0.3) is 0 Å². The quantitative estimate of drug-likeness (QED) is 0.812. The molecule has 6 heteroatoms. The van der Waals surface area contributed by atoms with Gasteiger partial charge in [0.05, 0.1) is 0 Å². The Kier molecular flexibility index (Phi) is 5.63. The summed E-state index contributed by atoms with van der Waals surface area (Å²) in [6.07, 6.45) is 3.61. The Labute approximate surface area is 146 Å². The smallest absolute Gasteiger partial charge is 0.227 e. The number of hydrogen-bond donors (Lipinski definition) is 1. The van der Waals surface area contributed by atoms with E-state index in [2.05, 4.69) is 15.5 Å². The summed E-state index contributed by atoms with van der Waals surface area (Å²) in [7, 11) is 0. The monoisotopic (exact) mass is 347 g/mol. The first-order chi connectivity index (χ1) is 11.6. The van der Waals surface area contributed by atoms with Crippen LogP contribution < -0.4 is 5.32 Å². The normalized spacial score (nSPS) is 16.9. The summed E-state index contributed by atoms with van der Waals surface area (Å²) < 4.78 is 5.33. The highest BCUT2D eigenvalue weighted by atomic mass is 35.5. The van der Waals surface area contributed by atoms with Crippen molar-refractivity contribution in [3.8, 4) is 0 Å². The van der Waals surface area contributed by atoms with Crippen molar-refractivity contribution in [3.05, 3.63) is 46.6 Å². The predicted octanol–water partition coefficient (Wildman–Crippen LogP) is 3.33. The van der Waals surface area contributed by atoms with Crippen LogP contribution in [0, 0.1) is 11.8 Å². The summed E-state index contributed by atoms with van der Waals surface area (Å²) in [5.41, 5.74) is 0.654. The van der Waals surface area contributed by atoms with Crippen LogP contribution in [0.3, 0.4) is 0 Å². The van der Waals surface area contributed by atoms with Gasteiger partial charge in [-0.1, -0.05) is 23.7 Å². The first-order valence-electron chi connectivity index (χ1n) is 8.44. The lowest BCUT2D eigenvalue weighted by Gasteiger charge is -2.20. The van der Waals surface area contributed by atoms with Crippen LogP contribution in [0.1, 0.15) is 41.8 Å². The van der Waals surface area contributed by atoms with E-state index in [1.54, 1.807) is 24.3 Å². The van der Waals surface area contributed by atoms with E-state index >= 15 is 0 Å². The zero-order valence-electron chi connectivity index (χ0n) is 13.8. The fourth-order valence-electron chi connectivity index (χ4n) is 3.05. The van der Waals surface area contributed by atoms with E-state index in [9.17, 15) is 4.79 Å². The molecule has 0 aliphatic carbocycles. The van der Waals surface area contributed by atoms with E-state index in [1.165, 1.54) is 0 Å². The number of Topliss-reactive ketones (excluding diaryl/α,β-unsaturated/α-hetero) is 1. The van der Waals surface area contributed by atoms with Gasteiger partial charge in [0.15, 0.2) is 11.6 Å². The van der Waals surface area contributed by atoms with E-state index in [1.807, 2.05) is 6.92 Å². The molecule has 2 heterocycles. The number of nitrogens with zero attached hydrogens (tertiary/aromatic N) is 2. The number of aromatic nitrogens is 2. The SMILES string of the molecule is CC(Cc1nc(CC2CCNCC2)no1)C(=O)c1ccc(Cl)cc1. The van der Waals surface area contributed by atoms with Crippen LogP contribution >= 0.6 is 11.6 Å². The topological polar surface area (TPSA) is 68.0 Å². The van der Waals surface area contributed by atoms with Gasteiger partial charge in [0, 0.05) is 29.3 Å². The van der Waals surface area contributed by atoms with E-state index in [0.717, 1.165) is 38.2 Å². The molecule has 3 rings (SSSR count). The van der Waals surface area contributed by atoms with Crippen molar-refractivity contribution in [2.75, 3.05) is 13.1 Å². The molecule has 1 aliphatic rings. The number of benzene rings is 1. The van der Waals surface area contributed by atoms with Crippen molar-refractivity contribution in [2.24, 2.45) is 11.8 Å². The van der Waals surface area contributed by atoms with Gasteiger partial charge in [-0.15, -0.1) is 0 Å². The summed E-state index contributed by atoms with van der Waals surface area (Å²) in [5.74, 6) is 1.75. The van der Waals surface area contributed by atoms with Crippen molar-refractivity contribution in [1.82, 2.24) is 15.5 Å². The predicted molar refractivity (Wildman–Crippen MR) is 92.2 cm³/mol. The Balaban J connectivity index is 1.57. The zero-order valence-corrected chi connectivity index (χ0v) is 14.6. The minimum absolute atomic E-state index is 0.0600. The van der Waals surface area contributed by atoms with Gasteiger partial charge in [-0.3, -0.25) is 4.79 Å². The number of ketones is 1. The highest BCUT2D eigenvalue weighted by molar-refractivity contribution is 6.30.